The number of nitrogens with one attached hydrogen (secondary N) is 2. The summed E-state index contributed by atoms with van der Waals surface area (Å²) in [6.07, 6.45) is 5.67. The molecule has 8 heteroatoms. The monoisotopic (exact) mass is 268 g/mol. The SMILES string of the molecule is CCCCc1nc(/C=N/n2cn[nH]c2=O)c(Cl)[nH]1. The van der Waals surface area contributed by atoms with Crippen molar-refractivity contribution in [2.24, 2.45) is 5.10 Å². The molecule has 7 nitrogen and oxygen atoms in total. The van der Waals surface area contributed by atoms with Crippen LogP contribution in [0.1, 0.15) is 31.3 Å². The van der Waals surface area contributed by atoms with E-state index in [1.165, 1.54) is 12.5 Å². The topological polar surface area (TPSA) is 91.7 Å². The minimum absolute atomic E-state index is 0.413. The van der Waals surface area contributed by atoms with Crippen LogP contribution in [0, 0.1) is 0 Å². The molecule has 96 valence electrons. The summed E-state index contributed by atoms with van der Waals surface area (Å²) < 4.78 is 1.07. The fourth-order valence-electron chi connectivity index (χ4n) is 1.40. The highest BCUT2D eigenvalue weighted by atomic mass is 35.5. The van der Waals surface area contributed by atoms with E-state index in [0.29, 0.717) is 10.8 Å². The molecule has 0 radical (unpaired) electrons. The Morgan fingerprint density at radius 1 is 1.61 bits per heavy atom. The molecule has 0 atom stereocenters. The molecule has 0 saturated carbocycles. The van der Waals surface area contributed by atoms with Gasteiger partial charge in [0, 0.05) is 6.42 Å². The summed E-state index contributed by atoms with van der Waals surface area (Å²) in [6.45, 7) is 2.11. The number of aryl methyl sites for hydroxylation is 1. The van der Waals surface area contributed by atoms with E-state index in [1.807, 2.05) is 0 Å². The second-order valence-electron chi connectivity index (χ2n) is 3.74. The fourth-order valence-corrected chi connectivity index (χ4v) is 1.60. The van der Waals surface area contributed by atoms with Crippen molar-refractivity contribution in [3.63, 3.8) is 0 Å². The highest BCUT2D eigenvalue weighted by molar-refractivity contribution is 6.31. The summed E-state index contributed by atoms with van der Waals surface area (Å²) in [5.74, 6) is 0.822. The Bertz CT molecular complexity index is 596. The van der Waals surface area contributed by atoms with Crippen LogP contribution < -0.4 is 5.69 Å². The molecule has 2 N–H and O–H groups in total. The number of imidazole rings is 1. The van der Waals surface area contributed by atoms with Gasteiger partial charge in [0.15, 0.2) is 0 Å². The normalized spacial score (nSPS) is 11.4. The van der Waals surface area contributed by atoms with E-state index in [4.69, 9.17) is 11.6 Å². The molecule has 0 unspecified atom stereocenters. The number of hydrogen-bond acceptors (Lipinski definition) is 4. The van der Waals surface area contributed by atoms with Gasteiger partial charge in [0.2, 0.25) is 0 Å². The number of rotatable bonds is 5. The van der Waals surface area contributed by atoms with Crippen molar-refractivity contribution in [3.8, 4) is 0 Å². The summed E-state index contributed by atoms with van der Waals surface area (Å²) in [7, 11) is 0. The molecule has 2 heterocycles. The Balaban J connectivity index is 2.14. The number of aromatic amines is 2. The van der Waals surface area contributed by atoms with Crippen molar-refractivity contribution < 1.29 is 0 Å². The number of unbranched alkanes of at least 4 members (excludes halogenated alkanes) is 1. The number of hydrogen-bond donors (Lipinski definition) is 2. The van der Waals surface area contributed by atoms with Gasteiger partial charge in [0.1, 0.15) is 23.0 Å². The average Bonchev–Trinajstić information content (AvgIpc) is 2.91. The molecule has 18 heavy (non-hydrogen) atoms. The zero-order valence-corrected chi connectivity index (χ0v) is 10.6. The zero-order valence-electron chi connectivity index (χ0n) is 9.85. The van der Waals surface area contributed by atoms with Crippen LogP contribution in [-0.4, -0.2) is 31.1 Å². The Morgan fingerprint density at radius 2 is 2.44 bits per heavy atom. The molecule has 0 bridgehead atoms. The van der Waals surface area contributed by atoms with Gasteiger partial charge in [-0.3, -0.25) is 0 Å². The maximum absolute atomic E-state index is 11.1. The van der Waals surface area contributed by atoms with E-state index in [2.05, 4.69) is 32.2 Å². The number of aromatic nitrogens is 5. The number of halogens is 1. The van der Waals surface area contributed by atoms with Crippen LogP contribution in [0.5, 0.6) is 0 Å². The first-order valence-corrected chi connectivity index (χ1v) is 5.99. The first-order chi connectivity index (χ1) is 8.70. The van der Waals surface area contributed by atoms with E-state index in [-0.39, 0.29) is 0 Å². The molecule has 0 spiro atoms. The lowest BCUT2D eigenvalue weighted by molar-refractivity contribution is 0.762. The Labute approximate surface area is 108 Å². The largest absolute Gasteiger partial charge is 0.363 e. The Kier molecular flexibility index (Phi) is 3.93. The van der Waals surface area contributed by atoms with E-state index in [1.54, 1.807) is 0 Å². The molecule has 0 aliphatic rings. The quantitative estimate of drug-likeness (QED) is 0.798. The minimum Gasteiger partial charge on any atom is -0.332 e. The lowest BCUT2D eigenvalue weighted by Gasteiger charge is -1.91. The van der Waals surface area contributed by atoms with Crippen LogP contribution in [0.4, 0.5) is 0 Å². The number of nitrogens with zero attached hydrogens (tertiary/aromatic N) is 4. The van der Waals surface area contributed by atoms with Crippen molar-refractivity contribution in [3.05, 3.63) is 33.5 Å². The first-order valence-electron chi connectivity index (χ1n) is 5.61. The van der Waals surface area contributed by atoms with Crippen LogP contribution in [0.3, 0.4) is 0 Å². The van der Waals surface area contributed by atoms with Gasteiger partial charge in [-0.2, -0.15) is 14.9 Å². The summed E-state index contributed by atoms with van der Waals surface area (Å²) in [5, 5.41) is 10.1. The van der Waals surface area contributed by atoms with E-state index >= 15 is 0 Å². The van der Waals surface area contributed by atoms with Crippen LogP contribution in [0.2, 0.25) is 5.15 Å². The molecule has 0 aliphatic heterocycles. The highest BCUT2D eigenvalue weighted by Gasteiger charge is 2.06. The lowest BCUT2D eigenvalue weighted by atomic mass is 10.2. The third-order valence-corrected chi connectivity index (χ3v) is 2.63. The minimum atomic E-state index is -0.413. The second-order valence-corrected chi connectivity index (χ2v) is 4.11. The molecule has 0 fully saturated rings. The van der Waals surface area contributed by atoms with Crippen molar-refractivity contribution in [2.75, 3.05) is 0 Å². The van der Waals surface area contributed by atoms with Crippen molar-refractivity contribution in [1.29, 1.82) is 0 Å². The van der Waals surface area contributed by atoms with Gasteiger partial charge < -0.3 is 4.98 Å². The predicted molar refractivity (Wildman–Crippen MR) is 68.0 cm³/mol. The van der Waals surface area contributed by atoms with Gasteiger partial charge in [-0.05, 0) is 6.42 Å². The standard InChI is InChI=1S/C10H13ClN6O/c1-2-3-4-8-14-7(9(11)15-8)5-13-17-6-12-16-10(17)18/h5-6H,2-4H2,1H3,(H,14,15)(H,16,18)/b13-5+. The third-order valence-electron chi connectivity index (χ3n) is 2.34. The van der Waals surface area contributed by atoms with Gasteiger partial charge in [-0.25, -0.2) is 14.9 Å². The molecule has 2 aromatic heterocycles. The van der Waals surface area contributed by atoms with Crippen molar-refractivity contribution in [2.45, 2.75) is 26.2 Å². The van der Waals surface area contributed by atoms with E-state index in [9.17, 15) is 4.79 Å². The lowest BCUT2D eigenvalue weighted by Crippen LogP contribution is -2.12. The third kappa shape index (κ3) is 2.86. The van der Waals surface area contributed by atoms with Crippen molar-refractivity contribution >= 4 is 17.8 Å². The van der Waals surface area contributed by atoms with Gasteiger partial charge in [0.25, 0.3) is 0 Å². The molecular weight excluding hydrogens is 256 g/mol. The first kappa shape index (κ1) is 12.6. The molecule has 0 amide bonds. The summed E-state index contributed by atoms with van der Waals surface area (Å²) in [5.41, 5.74) is 0.0972. The maximum Gasteiger partial charge on any atom is 0.363 e. The molecule has 0 aliphatic carbocycles. The van der Waals surface area contributed by atoms with Crippen LogP contribution in [-0.2, 0) is 6.42 Å². The summed E-state index contributed by atoms with van der Waals surface area (Å²) in [4.78, 5) is 18.4. The summed E-state index contributed by atoms with van der Waals surface area (Å²) >= 11 is 5.98. The van der Waals surface area contributed by atoms with Crippen molar-refractivity contribution in [1.82, 2.24) is 24.8 Å². The molecule has 2 rings (SSSR count). The molecule has 2 aromatic rings. The Hall–Kier alpha value is -1.89. The van der Waals surface area contributed by atoms with E-state index in [0.717, 1.165) is 29.8 Å². The average molecular weight is 269 g/mol. The van der Waals surface area contributed by atoms with Gasteiger partial charge >= 0.3 is 5.69 Å². The molecular formula is C10H13ClN6O. The predicted octanol–water partition coefficient (Wildman–Crippen LogP) is 1.17. The van der Waals surface area contributed by atoms with Crippen LogP contribution in [0.25, 0.3) is 0 Å². The molecule has 0 saturated heterocycles. The Morgan fingerprint density at radius 3 is 3.11 bits per heavy atom. The highest BCUT2D eigenvalue weighted by Crippen LogP contribution is 2.12. The van der Waals surface area contributed by atoms with Gasteiger partial charge in [-0.15, -0.1) is 0 Å². The van der Waals surface area contributed by atoms with Crippen LogP contribution >= 0.6 is 11.6 Å². The smallest absolute Gasteiger partial charge is 0.332 e. The van der Waals surface area contributed by atoms with Gasteiger partial charge in [0.05, 0.1) is 6.21 Å². The van der Waals surface area contributed by atoms with Gasteiger partial charge in [-0.1, -0.05) is 24.9 Å². The zero-order chi connectivity index (χ0) is 13.0. The van der Waals surface area contributed by atoms with E-state index < -0.39 is 5.69 Å². The fraction of sp³-hybridized carbons (Fsp3) is 0.400. The second kappa shape index (κ2) is 5.63. The maximum atomic E-state index is 11.1. The van der Waals surface area contributed by atoms with Crippen LogP contribution in [0.15, 0.2) is 16.2 Å². The molecule has 0 aromatic carbocycles. The number of H-pyrrole nitrogens is 2. The summed E-state index contributed by atoms with van der Waals surface area (Å²) in [6, 6.07) is 0.